The van der Waals surface area contributed by atoms with Crippen LogP contribution in [0.1, 0.15) is 0 Å². The van der Waals surface area contributed by atoms with Gasteiger partial charge in [0.05, 0.1) is 25.2 Å². The number of aliphatic hydroxyl groups excluding tert-OH is 1. The zero-order valence-corrected chi connectivity index (χ0v) is 5.60. The molecule has 0 saturated heterocycles. The largest absolute Gasteiger partial charge is 0.394 e. The van der Waals surface area contributed by atoms with E-state index in [2.05, 4.69) is 4.74 Å². The van der Waals surface area contributed by atoms with Crippen LogP contribution in [0.3, 0.4) is 0 Å². The van der Waals surface area contributed by atoms with Crippen LogP contribution in [0.5, 0.6) is 0 Å². The zero-order valence-electron chi connectivity index (χ0n) is 4.78. The van der Waals surface area contributed by atoms with Crippen molar-refractivity contribution >= 4 is 15.7 Å². The second-order valence-corrected chi connectivity index (χ2v) is 2.08. The highest BCUT2D eigenvalue weighted by Gasteiger charge is 1.79. The molecule has 0 aliphatic carbocycles. The second-order valence-electron chi connectivity index (χ2n) is 1.23. The van der Waals surface area contributed by atoms with Gasteiger partial charge in [0.1, 0.15) is 0 Å². The Kier molecular flexibility index (Phi) is 5.49. The van der Waals surface area contributed by atoms with Crippen LogP contribution in [0.15, 0.2) is 0 Å². The van der Waals surface area contributed by atoms with Gasteiger partial charge < -0.3 is 9.84 Å². The lowest BCUT2D eigenvalue weighted by Crippen LogP contribution is -2.01. The second kappa shape index (κ2) is 5.74. The maximum absolute atomic E-state index is 9.76. The van der Waals surface area contributed by atoms with E-state index in [0.717, 1.165) is 5.37 Å². The Bertz CT molecular complexity index is 161. The first-order valence-corrected chi connectivity index (χ1v) is 3.51. The van der Waals surface area contributed by atoms with Crippen LogP contribution < -0.4 is 0 Å². The molecule has 0 aromatic heterocycles. The van der Waals surface area contributed by atoms with Crippen molar-refractivity contribution in [3.8, 4) is 0 Å². The summed E-state index contributed by atoms with van der Waals surface area (Å²) in [5.74, 6) is 0. The standard InChI is InChI=1S/C4H8O4S/c5-1-2-8-3-4-9(6)7/h4-5H,1-3H2. The Balaban J connectivity index is 3.20. The van der Waals surface area contributed by atoms with Crippen molar-refractivity contribution in [2.45, 2.75) is 0 Å². The highest BCUT2D eigenvalue weighted by molar-refractivity contribution is 7.71. The third kappa shape index (κ3) is 7.61. The normalized spacial score (nSPS) is 9.00. The van der Waals surface area contributed by atoms with E-state index in [-0.39, 0.29) is 19.8 Å². The molecule has 0 amide bonds. The molecule has 0 rings (SSSR count). The van der Waals surface area contributed by atoms with Crippen molar-refractivity contribution in [3.63, 3.8) is 0 Å². The lowest BCUT2D eigenvalue weighted by molar-refractivity contribution is 0.120. The number of hydrogen-bond acceptors (Lipinski definition) is 4. The first-order valence-electron chi connectivity index (χ1n) is 2.37. The minimum atomic E-state index is -2.15. The first-order chi connectivity index (χ1) is 4.27. The summed E-state index contributed by atoms with van der Waals surface area (Å²) in [5.41, 5.74) is 0. The van der Waals surface area contributed by atoms with Gasteiger partial charge >= 0.3 is 0 Å². The van der Waals surface area contributed by atoms with E-state index in [9.17, 15) is 8.42 Å². The summed E-state index contributed by atoms with van der Waals surface area (Å²) in [5, 5.41) is 9.12. The Hall–Kier alpha value is -0.390. The molecule has 5 heteroatoms. The average molecular weight is 152 g/mol. The van der Waals surface area contributed by atoms with Crippen molar-refractivity contribution in [1.29, 1.82) is 0 Å². The molecule has 0 aromatic carbocycles. The Morgan fingerprint density at radius 3 is 2.67 bits per heavy atom. The molecule has 1 N–H and O–H groups in total. The number of aliphatic hydroxyl groups is 1. The van der Waals surface area contributed by atoms with Crippen LogP contribution in [0.25, 0.3) is 0 Å². The van der Waals surface area contributed by atoms with Gasteiger partial charge in [-0.05, 0) is 0 Å². The molecule has 0 spiro atoms. The van der Waals surface area contributed by atoms with E-state index in [1.54, 1.807) is 0 Å². The first kappa shape index (κ1) is 8.61. The van der Waals surface area contributed by atoms with Gasteiger partial charge in [-0.1, -0.05) is 0 Å². The third-order valence-electron chi connectivity index (χ3n) is 0.558. The number of rotatable bonds is 4. The van der Waals surface area contributed by atoms with Gasteiger partial charge in [-0.3, -0.25) is 0 Å². The molecule has 0 aliphatic rings. The molecule has 0 heterocycles. The molecule has 54 valence electrons. The monoisotopic (exact) mass is 152 g/mol. The zero-order chi connectivity index (χ0) is 7.11. The van der Waals surface area contributed by atoms with E-state index in [1.807, 2.05) is 0 Å². The molecule has 0 fully saturated rings. The summed E-state index contributed by atoms with van der Waals surface area (Å²) in [6.07, 6.45) is 0. The van der Waals surface area contributed by atoms with Crippen LogP contribution in [0, 0.1) is 0 Å². The quantitative estimate of drug-likeness (QED) is 0.400. The van der Waals surface area contributed by atoms with Crippen LogP contribution in [0.4, 0.5) is 0 Å². The molecule has 0 bridgehead atoms. The van der Waals surface area contributed by atoms with Crippen molar-refractivity contribution in [2.24, 2.45) is 0 Å². The molecule has 0 saturated carbocycles. The molecule has 0 radical (unpaired) electrons. The lowest BCUT2D eigenvalue weighted by atomic mass is 10.7. The Morgan fingerprint density at radius 1 is 1.56 bits per heavy atom. The summed E-state index contributed by atoms with van der Waals surface area (Å²) in [7, 11) is -2.15. The van der Waals surface area contributed by atoms with Crippen molar-refractivity contribution in [3.05, 3.63) is 0 Å². The summed E-state index contributed by atoms with van der Waals surface area (Å²) >= 11 is 0. The van der Waals surface area contributed by atoms with Gasteiger partial charge in [0.25, 0.3) is 0 Å². The van der Waals surface area contributed by atoms with E-state index in [0.29, 0.717) is 0 Å². The van der Waals surface area contributed by atoms with Crippen molar-refractivity contribution in [1.82, 2.24) is 0 Å². The molecule has 4 nitrogen and oxygen atoms in total. The number of hydrogen-bond donors (Lipinski definition) is 1. The van der Waals surface area contributed by atoms with Crippen LogP contribution in [0.2, 0.25) is 0 Å². The third-order valence-corrected chi connectivity index (χ3v) is 0.966. The summed E-state index contributed by atoms with van der Waals surface area (Å²) < 4.78 is 24.1. The lowest BCUT2D eigenvalue weighted by Gasteiger charge is -1.91. The summed E-state index contributed by atoms with van der Waals surface area (Å²) in [4.78, 5) is 0. The van der Waals surface area contributed by atoms with Gasteiger partial charge in [0, 0.05) is 0 Å². The van der Waals surface area contributed by atoms with Crippen molar-refractivity contribution in [2.75, 3.05) is 19.8 Å². The SMILES string of the molecule is O=S(=O)=CCOCCO. The van der Waals surface area contributed by atoms with E-state index < -0.39 is 10.3 Å². The Morgan fingerprint density at radius 2 is 2.22 bits per heavy atom. The Labute approximate surface area is 54.6 Å². The summed E-state index contributed by atoms with van der Waals surface area (Å²) in [6.45, 7) is 0.129. The van der Waals surface area contributed by atoms with Gasteiger partial charge in [0.2, 0.25) is 10.3 Å². The fraction of sp³-hybridized carbons (Fsp3) is 0.750. The number of ether oxygens (including phenoxy) is 1. The predicted molar refractivity (Wildman–Crippen MR) is 32.9 cm³/mol. The minimum absolute atomic E-state index is 0.0384. The van der Waals surface area contributed by atoms with E-state index in [4.69, 9.17) is 5.11 Å². The van der Waals surface area contributed by atoms with Gasteiger partial charge in [-0.25, -0.2) is 0 Å². The molecule has 0 unspecified atom stereocenters. The molecular formula is C4H8O4S. The fourth-order valence-electron chi connectivity index (χ4n) is 0.252. The minimum Gasteiger partial charge on any atom is -0.394 e. The average Bonchev–Trinajstić information content (AvgIpc) is 1.80. The summed E-state index contributed by atoms with van der Waals surface area (Å²) in [6, 6.07) is 0. The molecule has 9 heavy (non-hydrogen) atoms. The van der Waals surface area contributed by atoms with Crippen LogP contribution in [-0.2, 0) is 15.0 Å². The highest BCUT2D eigenvalue weighted by Crippen LogP contribution is 1.66. The maximum atomic E-state index is 9.76. The smallest absolute Gasteiger partial charge is 0.212 e. The topological polar surface area (TPSA) is 63.6 Å². The van der Waals surface area contributed by atoms with Gasteiger partial charge in [-0.15, -0.1) is 0 Å². The molecule has 0 atom stereocenters. The molecular weight excluding hydrogens is 144 g/mol. The van der Waals surface area contributed by atoms with Crippen molar-refractivity contribution < 1.29 is 18.3 Å². The highest BCUT2D eigenvalue weighted by atomic mass is 32.2. The molecule has 0 aromatic rings. The van der Waals surface area contributed by atoms with Crippen LogP contribution in [-0.4, -0.2) is 38.7 Å². The van der Waals surface area contributed by atoms with Gasteiger partial charge in [-0.2, -0.15) is 8.42 Å². The fourth-order valence-corrected chi connectivity index (χ4v) is 0.459. The maximum Gasteiger partial charge on any atom is 0.212 e. The van der Waals surface area contributed by atoms with E-state index in [1.165, 1.54) is 0 Å². The van der Waals surface area contributed by atoms with E-state index >= 15 is 0 Å². The molecule has 0 aliphatic heterocycles. The van der Waals surface area contributed by atoms with Crippen LogP contribution >= 0.6 is 0 Å². The predicted octanol–water partition coefficient (Wildman–Crippen LogP) is -1.32. The van der Waals surface area contributed by atoms with Gasteiger partial charge in [0.15, 0.2) is 0 Å².